The van der Waals surface area contributed by atoms with E-state index in [1.54, 1.807) is 0 Å². The number of para-hydroxylation sites is 1. The average Bonchev–Trinajstić information content (AvgIpc) is 2.39. The summed E-state index contributed by atoms with van der Waals surface area (Å²) in [6, 6.07) is 9.26. The first-order valence-corrected chi connectivity index (χ1v) is 6.34. The molecular weight excluding hydrogens is 230 g/mol. The highest BCUT2D eigenvalue weighted by Gasteiger charge is 2.10. The Kier molecular flexibility index (Phi) is 6.87. The molecular formula is C14H21NO3. The quantitative estimate of drug-likeness (QED) is 0.740. The van der Waals surface area contributed by atoms with Crippen molar-refractivity contribution in [3.63, 3.8) is 0 Å². The second kappa shape index (κ2) is 8.53. The smallest absolute Gasteiger partial charge is 0.220 e. The third kappa shape index (κ3) is 5.68. The molecule has 4 heteroatoms. The van der Waals surface area contributed by atoms with E-state index < -0.39 is 0 Å². The maximum atomic E-state index is 11.4. The van der Waals surface area contributed by atoms with Gasteiger partial charge in [0, 0.05) is 12.8 Å². The predicted molar refractivity (Wildman–Crippen MR) is 70.5 cm³/mol. The van der Waals surface area contributed by atoms with Gasteiger partial charge in [0.25, 0.3) is 0 Å². The van der Waals surface area contributed by atoms with Crippen molar-refractivity contribution in [1.29, 1.82) is 0 Å². The fourth-order valence-electron chi connectivity index (χ4n) is 1.57. The lowest BCUT2D eigenvalue weighted by Gasteiger charge is -2.16. The summed E-state index contributed by atoms with van der Waals surface area (Å²) in [6.07, 6.45) is 1.90. The van der Waals surface area contributed by atoms with Crippen molar-refractivity contribution in [2.24, 2.45) is 0 Å². The summed E-state index contributed by atoms with van der Waals surface area (Å²) in [5.41, 5.74) is 0. The first-order chi connectivity index (χ1) is 8.76. The number of nitrogens with one attached hydrogen (secondary N) is 1. The Morgan fingerprint density at radius 2 is 2.11 bits per heavy atom. The first kappa shape index (κ1) is 14.5. The molecule has 18 heavy (non-hydrogen) atoms. The molecule has 1 aromatic rings. The van der Waals surface area contributed by atoms with Crippen LogP contribution in [0.4, 0.5) is 0 Å². The molecule has 1 rings (SSSR count). The second-order valence-electron chi connectivity index (χ2n) is 4.15. The van der Waals surface area contributed by atoms with Gasteiger partial charge in [-0.15, -0.1) is 0 Å². The third-order valence-corrected chi connectivity index (χ3v) is 2.54. The molecule has 0 aromatic heterocycles. The van der Waals surface area contributed by atoms with E-state index in [0.717, 1.165) is 12.2 Å². The lowest BCUT2D eigenvalue weighted by molar-refractivity contribution is -0.122. The van der Waals surface area contributed by atoms with Crippen LogP contribution in [0.15, 0.2) is 30.3 Å². The maximum absolute atomic E-state index is 11.4. The maximum Gasteiger partial charge on any atom is 0.220 e. The van der Waals surface area contributed by atoms with Crippen LogP contribution >= 0.6 is 0 Å². The van der Waals surface area contributed by atoms with Crippen LogP contribution < -0.4 is 10.1 Å². The number of aliphatic hydroxyl groups excluding tert-OH is 1. The second-order valence-corrected chi connectivity index (χ2v) is 4.15. The number of hydrogen-bond acceptors (Lipinski definition) is 3. The summed E-state index contributed by atoms with van der Waals surface area (Å²) in [5, 5.41) is 12.0. The van der Waals surface area contributed by atoms with Gasteiger partial charge in [0.1, 0.15) is 5.75 Å². The van der Waals surface area contributed by atoms with Crippen LogP contribution in [0.5, 0.6) is 5.75 Å². The zero-order valence-electron chi connectivity index (χ0n) is 10.8. The van der Waals surface area contributed by atoms with E-state index in [-0.39, 0.29) is 18.6 Å². The normalized spacial score (nSPS) is 11.9. The molecule has 1 aromatic carbocycles. The molecule has 0 saturated heterocycles. The number of ether oxygens (including phenoxy) is 1. The Labute approximate surface area is 108 Å². The first-order valence-electron chi connectivity index (χ1n) is 6.34. The van der Waals surface area contributed by atoms with Crippen molar-refractivity contribution < 1.29 is 14.6 Å². The van der Waals surface area contributed by atoms with Gasteiger partial charge in [0.15, 0.2) is 0 Å². The van der Waals surface area contributed by atoms with Crippen molar-refractivity contribution in [2.45, 2.75) is 32.2 Å². The lowest BCUT2D eigenvalue weighted by Crippen LogP contribution is -2.38. The van der Waals surface area contributed by atoms with Crippen LogP contribution in [0.25, 0.3) is 0 Å². The SMILES string of the molecule is CCCC(=O)NC(CO)CCOc1ccccc1. The molecule has 0 bridgehead atoms. The fourth-order valence-corrected chi connectivity index (χ4v) is 1.57. The zero-order valence-corrected chi connectivity index (χ0v) is 10.8. The Bertz CT molecular complexity index is 340. The number of aliphatic hydroxyl groups is 1. The number of hydrogen-bond donors (Lipinski definition) is 2. The van der Waals surface area contributed by atoms with Crippen molar-refractivity contribution in [1.82, 2.24) is 5.32 Å². The highest BCUT2D eigenvalue weighted by atomic mass is 16.5. The zero-order chi connectivity index (χ0) is 13.2. The molecule has 1 atom stereocenters. The molecule has 0 saturated carbocycles. The summed E-state index contributed by atoms with van der Waals surface area (Å²) in [6.45, 7) is 2.36. The van der Waals surface area contributed by atoms with Crippen molar-refractivity contribution in [3.05, 3.63) is 30.3 Å². The average molecular weight is 251 g/mol. The Hall–Kier alpha value is -1.55. The van der Waals surface area contributed by atoms with E-state index >= 15 is 0 Å². The van der Waals surface area contributed by atoms with E-state index in [1.807, 2.05) is 37.3 Å². The Morgan fingerprint density at radius 1 is 1.39 bits per heavy atom. The van der Waals surface area contributed by atoms with Gasteiger partial charge in [-0.2, -0.15) is 0 Å². The van der Waals surface area contributed by atoms with Gasteiger partial charge in [-0.25, -0.2) is 0 Å². The summed E-state index contributed by atoms with van der Waals surface area (Å²) in [7, 11) is 0. The van der Waals surface area contributed by atoms with Gasteiger partial charge in [-0.1, -0.05) is 25.1 Å². The standard InChI is InChI=1S/C14H21NO3/c1-2-6-14(17)15-12(11-16)9-10-18-13-7-4-3-5-8-13/h3-5,7-8,12,16H,2,6,9-11H2,1H3,(H,15,17). The van der Waals surface area contributed by atoms with Gasteiger partial charge >= 0.3 is 0 Å². The molecule has 1 amide bonds. The number of benzene rings is 1. The lowest BCUT2D eigenvalue weighted by atomic mass is 10.2. The third-order valence-electron chi connectivity index (χ3n) is 2.54. The minimum absolute atomic E-state index is 0.0174. The van der Waals surface area contributed by atoms with E-state index in [9.17, 15) is 9.90 Å². The van der Waals surface area contributed by atoms with Crippen LogP contribution in [-0.2, 0) is 4.79 Å². The number of amides is 1. The summed E-state index contributed by atoms with van der Waals surface area (Å²) >= 11 is 0. The predicted octanol–water partition coefficient (Wildman–Crippen LogP) is 1.73. The molecule has 0 aliphatic rings. The van der Waals surface area contributed by atoms with Crippen molar-refractivity contribution >= 4 is 5.91 Å². The molecule has 0 fully saturated rings. The van der Waals surface area contributed by atoms with Gasteiger partial charge in [0.2, 0.25) is 5.91 Å². The number of carbonyl (C=O) groups excluding carboxylic acids is 1. The topological polar surface area (TPSA) is 58.6 Å². The molecule has 100 valence electrons. The van der Waals surface area contributed by atoms with Gasteiger partial charge in [-0.3, -0.25) is 4.79 Å². The van der Waals surface area contributed by atoms with E-state index in [2.05, 4.69) is 5.32 Å². The molecule has 0 aliphatic carbocycles. The van der Waals surface area contributed by atoms with E-state index in [1.165, 1.54) is 0 Å². The van der Waals surface area contributed by atoms with Crippen LogP contribution in [-0.4, -0.2) is 30.3 Å². The largest absolute Gasteiger partial charge is 0.494 e. The monoisotopic (exact) mass is 251 g/mol. The van der Waals surface area contributed by atoms with Gasteiger partial charge in [0.05, 0.1) is 19.3 Å². The number of carbonyl (C=O) groups is 1. The van der Waals surface area contributed by atoms with Crippen LogP contribution in [0.1, 0.15) is 26.2 Å². The van der Waals surface area contributed by atoms with Gasteiger partial charge < -0.3 is 15.2 Å². The van der Waals surface area contributed by atoms with Crippen LogP contribution in [0.2, 0.25) is 0 Å². The van der Waals surface area contributed by atoms with Crippen molar-refractivity contribution in [2.75, 3.05) is 13.2 Å². The number of rotatable bonds is 8. The summed E-state index contributed by atoms with van der Waals surface area (Å²) in [5.74, 6) is 0.783. The van der Waals surface area contributed by atoms with Gasteiger partial charge in [-0.05, 0) is 18.6 Å². The van der Waals surface area contributed by atoms with Crippen LogP contribution in [0, 0.1) is 0 Å². The summed E-state index contributed by atoms with van der Waals surface area (Å²) < 4.78 is 5.52. The molecule has 2 N–H and O–H groups in total. The Morgan fingerprint density at radius 3 is 2.72 bits per heavy atom. The molecule has 0 aliphatic heterocycles. The molecule has 0 heterocycles. The Balaban J connectivity index is 2.25. The minimum Gasteiger partial charge on any atom is -0.494 e. The van der Waals surface area contributed by atoms with E-state index in [0.29, 0.717) is 19.4 Å². The fraction of sp³-hybridized carbons (Fsp3) is 0.500. The van der Waals surface area contributed by atoms with Crippen molar-refractivity contribution in [3.8, 4) is 5.75 Å². The minimum atomic E-state index is -0.229. The van der Waals surface area contributed by atoms with Crippen LogP contribution in [0.3, 0.4) is 0 Å². The molecule has 1 unspecified atom stereocenters. The highest BCUT2D eigenvalue weighted by Crippen LogP contribution is 2.08. The molecule has 0 radical (unpaired) electrons. The molecule has 4 nitrogen and oxygen atoms in total. The highest BCUT2D eigenvalue weighted by molar-refractivity contribution is 5.76. The molecule has 0 spiro atoms. The summed E-state index contributed by atoms with van der Waals surface area (Å²) in [4.78, 5) is 11.4. The van der Waals surface area contributed by atoms with E-state index in [4.69, 9.17) is 4.74 Å².